The SMILES string of the molecule is NC1=[N+](N)CNc2nc(N)nc(-c3ccccc3)c21. The number of rotatable bonds is 1. The van der Waals surface area contributed by atoms with Crippen molar-refractivity contribution in [1.29, 1.82) is 0 Å². The monoisotopic (exact) mass is 256 g/mol. The van der Waals surface area contributed by atoms with Crippen molar-refractivity contribution in [3.8, 4) is 11.3 Å². The van der Waals surface area contributed by atoms with Crippen LogP contribution >= 0.6 is 0 Å². The standard InChI is InChI=1S/C12H13N7/c13-10-8-9(7-4-2-1-3-5-7)17-12(14)18-11(8)16-6-19(10)15/h1-5H,6,15H2,(H4,13,14,16,17,18)/p+1. The summed E-state index contributed by atoms with van der Waals surface area (Å²) in [5.74, 6) is 7.02. The second-order valence-electron chi connectivity index (χ2n) is 4.21. The first-order valence-corrected chi connectivity index (χ1v) is 5.78. The minimum absolute atomic E-state index is 0.198. The van der Waals surface area contributed by atoms with E-state index in [2.05, 4.69) is 15.3 Å². The molecule has 2 aromatic rings. The Labute approximate surface area is 109 Å². The van der Waals surface area contributed by atoms with E-state index in [1.165, 1.54) is 4.68 Å². The molecule has 1 aliphatic rings. The van der Waals surface area contributed by atoms with E-state index in [1.807, 2.05) is 30.3 Å². The lowest BCUT2D eigenvalue weighted by Crippen LogP contribution is -2.42. The van der Waals surface area contributed by atoms with Crippen LogP contribution in [0.25, 0.3) is 11.3 Å². The van der Waals surface area contributed by atoms with E-state index in [4.69, 9.17) is 17.3 Å². The number of hydrogen-bond donors (Lipinski definition) is 4. The van der Waals surface area contributed by atoms with Gasteiger partial charge in [-0.2, -0.15) is 4.98 Å². The molecular formula is C12H14N7+. The molecule has 7 N–H and O–H groups in total. The summed E-state index contributed by atoms with van der Waals surface area (Å²) in [7, 11) is 0. The maximum absolute atomic E-state index is 6.03. The molecule has 7 nitrogen and oxygen atoms in total. The highest BCUT2D eigenvalue weighted by molar-refractivity contribution is 6.04. The molecule has 19 heavy (non-hydrogen) atoms. The number of nitrogens with two attached hydrogens (primary N) is 3. The summed E-state index contributed by atoms with van der Waals surface area (Å²) in [6.45, 7) is 0.378. The molecule has 0 fully saturated rings. The van der Waals surface area contributed by atoms with Crippen LogP contribution in [0.2, 0.25) is 0 Å². The van der Waals surface area contributed by atoms with E-state index in [9.17, 15) is 0 Å². The zero-order valence-corrected chi connectivity index (χ0v) is 10.2. The third-order valence-corrected chi connectivity index (χ3v) is 2.96. The van der Waals surface area contributed by atoms with Gasteiger partial charge in [0.25, 0.3) is 0 Å². The summed E-state index contributed by atoms with van der Waals surface area (Å²) < 4.78 is 1.41. The summed E-state index contributed by atoms with van der Waals surface area (Å²) in [6.07, 6.45) is 0. The number of anilines is 2. The van der Waals surface area contributed by atoms with Gasteiger partial charge in [0.1, 0.15) is 5.56 Å². The Morgan fingerprint density at radius 3 is 2.58 bits per heavy atom. The van der Waals surface area contributed by atoms with E-state index in [1.54, 1.807) is 0 Å². The lowest BCUT2D eigenvalue weighted by atomic mass is 10.0. The van der Waals surface area contributed by atoms with Crippen LogP contribution in [0.5, 0.6) is 0 Å². The number of nitrogens with zero attached hydrogens (tertiary/aromatic N) is 3. The summed E-state index contributed by atoms with van der Waals surface area (Å²) in [4.78, 5) is 8.44. The average Bonchev–Trinajstić information content (AvgIpc) is 2.43. The van der Waals surface area contributed by atoms with Crippen LogP contribution in [0.4, 0.5) is 11.8 Å². The van der Waals surface area contributed by atoms with Gasteiger partial charge in [-0.25, -0.2) is 4.98 Å². The Kier molecular flexibility index (Phi) is 2.45. The van der Waals surface area contributed by atoms with Crippen molar-refractivity contribution >= 4 is 17.6 Å². The molecule has 0 aliphatic carbocycles. The molecule has 0 spiro atoms. The zero-order valence-electron chi connectivity index (χ0n) is 10.2. The lowest BCUT2D eigenvalue weighted by Gasteiger charge is -2.18. The molecule has 0 saturated carbocycles. The van der Waals surface area contributed by atoms with E-state index >= 15 is 0 Å². The van der Waals surface area contributed by atoms with Crippen LogP contribution in [-0.2, 0) is 0 Å². The molecule has 0 atom stereocenters. The van der Waals surface area contributed by atoms with Crippen molar-refractivity contribution < 1.29 is 4.68 Å². The van der Waals surface area contributed by atoms with Gasteiger partial charge in [-0.05, 0) is 0 Å². The minimum Gasteiger partial charge on any atom is -0.368 e. The Morgan fingerprint density at radius 1 is 1.11 bits per heavy atom. The van der Waals surface area contributed by atoms with Crippen molar-refractivity contribution in [2.24, 2.45) is 11.6 Å². The zero-order chi connectivity index (χ0) is 13.4. The number of nitrogens with one attached hydrogen (secondary N) is 1. The summed E-state index contributed by atoms with van der Waals surface area (Å²) in [5.41, 5.74) is 14.0. The third-order valence-electron chi connectivity index (χ3n) is 2.96. The minimum atomic E-state index is 0.198. The third kappa shape index (κ3) is 1.81. The smallest absolute Gasteiger partial charge is 0.305 e. The fraction of sp³-hybridized carbons (Fsp3) is 0.0833. The molecule has 0 radical (unpaired) electrons. The molecule has 1 aromatic carbocycles. The number of nitrogen functional groups attached to an aromatic ring is 1. The second-order valence-corrected chi connectivity index (χ2v) is 4.21. The second kappa shape index (κ2) is 4.13. The van der Waals surface area contributed by atoms with Crippen LogP contribution in [-0.4, -0.2) is 27.2 Å². The van der Waals surface area contributed by atoms with Crippen molar-refractivity contribution in [2.45, 2.75) is 0 Å². The van der Waals surface area contributed by atoms with Gasteiger partial charge in [-0.3, -0.25) is 11.6 Å². The molecule has 96 valence electrons. The first-order chi connectivity index (χ1) is 9.16. The maximum Gasteiger partial charge on any atom is 0.305 e. The fourth-order valence-electron chi connectivity index (χ4n) is 2.04. The van der Waals surface area contributed by atoms with Gasteiger partial charge in [-0.15, -0.1) is 4.68 Å². The average molecular weight is 256 g/mol. The molecule has 2 heterocycles. The maximum atomic E-state index is 6.03. The van der Waals surface area contributed by atoms with E-state index in [-0.39, 0.29) is 5.95 Å². The molecule has 1 aromatic heterocycles. The molecule has 1 aliphatic heterocycles. The molecule has 0 unspecified atom stereocenters. The number of hydrazone groups is 1. The van der Waals surface area contributed by atoms with E-state index in [0.29, 0.717) is 29.6 Å². The number of hydrazine groups is 1. The fourth-order valence-corrected chi connectivity index (χ4v) is 2.04. The number of fused-ring (bicyclic) bond motifs is 1. The molecule has 0 bridgehead atoms. The Morgan fingerprint density at radius 2 is 1.84 bits per heavy atom. The highest BCUT2D eigenvalue weighted by Crippen LogP contribution is 2.28. The van der Waals surface area contributed by atoms with Gasteiger partial charge in [0, 0.05) is 5.56 Å². The van der Waals surface area contributed by atoms with Crippen molar-refractivity contribution in [1.82, 2.24) is 9.97 Å². The number of amidine groups is 1. The van der Waals surface area contributed by atoms with Crippen molar-refractivity contribution in [3.05, 3.63) is 35.9 Å². The highest BCUT2D eigenvalue weighted by atomic mass is 15.4. The van der Waals surface area contributed by atoms with Gasteiger partial charge < -0.3 is 11.1 Å². The van der Waals surface area contributed by atoms with Gasteiger partial charge in [0.15, 0.2) is 12.5 Å². The molecule has 0 amide bonds. The highest BCUT2D eigenvalue weighted by Gasteiger charge is 2.27. The molecule has 3 rings (SSSR count). The summed E-state index contributed by atoms with van der Waals surface area (Å²) in [5, 5.41) is 3.06. The molecular weight excluding hydrogens is 242 g/mol. The normalized spacial score (nSPS) is 13.9. The molecule has 7 heteroatoms. The Hall–Kier alpha value is -2.83. The van der Waals surface area contributed by atoms with E-state index in [0.717, 1.165) is 5.56 Å². The van der Waals surface area contributed by atoms with Crippen LogP contribution < -0.4 is 22.6 Å². The first-order valence-electron chi connectivity index (χ1n) is 5.78. The number of aromatic nitrogens is 2. The Balaban J connectivity index is 2.30. The van der Waals surface area contributed by atoms with Crippen LogP contribution in [0, 0.1) is 0 Å². The van der Waals surface area contributed by atoms with E-state index < -0.39 is 0 Å². The van der Waals surface area contributed by atoms with Gasteiger partial charge >= 0.3 is 5.84 Å². The largest absolute Gasteiger partial charge is 0.368 e. The number of hydrogen-bond acceptors (Lipinski definition) is 6. The Bertz CT molecular complexity index is 663. The van der Waals surface area contributed by atoms with Crippen LogP contribution in [0.3, 0.4) is 0 Å². The van der Waals surface area contributed by atoms with Crippen LogP contribution in [0.15, 0.2) is 30.3 Å². The first kappa shape index (κ1) is 11.3. The summed E-state index contributed by atoms with van der Waals surface area (Å²) in [6, 6.07) is 9.65. The number of benzene rings is 1. The van der Waals surface area contributed by atoms with Crippen molar-refractivity contribution in [2.75, 3.05) is 17.7 Å². The molecule has 0 saturated heterocycles. The predicted molar refractivity (Wildman–Crippen MR) is 73.1 cm³/mol. The lowest BCUT2D eigenvalue weighted by molar-refractivity contribution is -0.535. The van der Waals surface area contributed by atoms with Gasteiger partial charge in [-0.1, -0.05) is 30.3 Å². The quantitative estimate of drug-likeness (QED) is 0.411. The summed E-state index contributed by atoms with van der Waals surface area (Å²) >= 11 is 0. The van der Waals surface area contributed by atoms with Gasteiger partial charge in [0.2, 0.25) is 5.95 Å². The predicted octanol–water partition coefficient (Wildman–Crippen LogP) is -0.300. The van der Waals surface area contributed by atoms with Crippen LogP contribution in [0.1, 0.15) is 5.56 Å². The topological polar surface area (TPSA) is 119 Å². The van der Waals surface area contributed by atoms with Crippen molar-refractivity contribution in [3.63, 3.8) is 0 Å². The van der Waals surface area contributed by atoms with Gasteiger partial charge in [0.05, 0.1) is 5.69 Å².